The molecule has 0 spiro atoms. The first-order valence-electron chi connectivity index (χ1n) is 5.01. The fourth-order valence-electron chi connectivity index (χ4n) is 1.20. The number of hydrogen-bond acceptors (Lipinski definition) is 3. The first kappa shape index (κ1) is 16.1. The Bertz CT molecular complexity index is 283. The van der Waals surface area contributed by atoms with Crippen molar-refractivity contribution in [1.82, 2.24) is 10.2 Å². The zero-order chi connectivity index (χ0) is 13.6. The van der Waals surface area contributed by atoms with Crippen molar-refractivity contribution in [2.45, 2.75) is 13.1 Å². The zero-order valence-corrected chi connectivity index (χ0v) is 10.5. The highest BCUT2D eigenvalue weighted by atomic mass is 32.1. The van der Waals surface area contributed by atoms with Gasteiger partial charge in [-0.1, -0.05) is 19.1 Å². The molecule has 0 aliphatic heterocycles. The molecule has 0 saturated carbocycles. The van der Waals surface area contributed by atoms with Crippen molar-refractivity contribution in [2.75, 3.05) is 26.7 Å². The molecule has 0 aromatic carbocycles. The molecule has 100 valence electrons. The van der Waals surface area contributed by atoms with Crippen LogP contribution in [0.4, 0.5) is 13.2 Å². The van der Waals surface area contributed by atoms with Crippen LogP contribution in [0.25, 0.3) is 0 Å². The number of halogens is 3. The lowest BCUT2D eigenvalue weighted by atomic mass is 10.1. The SMILES string of the molecule is CCN(CC(=O)NC)CC(C(N)=S)C(F)(F)F. The number of nitrogens with two attached hydrogens (primary N) is 1. The topological polar surface area (TPSA) is 58.4 Å². The highest BCUT2D eigenvalue weighted by molar-refractivity contribution is 7.80. The molecule has 0 fully saturated rings. The number of thiocarbonyl (C=S) groups is 1. The first-order chi connectivity index (χ1) is 7.72. The van der Waals surface area contributed by atoms with Crippen molar-refractivity contribution in [3.63, 3.8) is 0 Å². The molecule has 0 radical (unpaired) electrons. The second-order valence-corrected chi connectivity index (χ2v) is 3.97. The normalized spacial score (nSPS) is 13.5. The summed E-state index contributed by atoms with van der Waals surface area (Å²) < 4.78 is 37.8. The van der Waals surface area contributed by atoms with Gasteiger partial charge in [0.15, 0.2) is 0 Å². The fraction of sp³-hybridized carbons (Fsp3) is 0.778. The fourth-order valence-corrected chi connectivity index (χ4v) is 1.41. The molecule has 17 heavy (non-hydrogen) atoms. The van der Waals surface area contributed by atoms with Crippen LogP contribution in [0, 0.1) is 5.92 Å². The standard InChI is InChI=1S/C9H16F3N3OS/c1-3-15(5-7(16)14-2)4-6(8(13)17)9(10,11)12/h6H,3-5H2,1-2H3,(H2,13,17)(H,14,16). The van der Waals surface area contributed by atoms with E-state index in [0.717, 1.165) is 0 Å². The summed E-state index contributed by atoms with van der Waals surface area (Å²) in [6, 6.07) is 0. The average Bonchev–Trinajstić information content (AvgIpc) is 2.21. The summed E-state index contributed by atoms with van der Waals surface area (Å²) in [5.74, 6) is -2.24. The van der Waals surface area contributed by atoms with E-state index in [1.807, 2.05) is 0 Å². The Labute approximate surface area is 103 Å². The van der Waals surface area contributed by atoms with Gasteiger partial charge in [0.05, 0.1) is 11.5 Å². The molecule has 0 rings (SSSR count). The smallest absolute Gasteiger partial charge is 0.393 e. The van der Waals surface area contributed by atoms with Crippen LogP contribution in [0.5, 0.6) is 0 Å². The van der Waals surface area contributed by atoms with Crippen LogP contribution in [0.1, 0.15) is 6.92 Å². The van der Waals surface area contributed by atoms with Gasteiger partial charge in [-0.05, 0) is 6.54 Å². The lowest BCUT2D eigenvalue weighted by Gasteiger charge is -2.26. The molecule has 1 amide bonds. The minimum absolute atomic E-state index is 0.109. The Hall–Kier alpha value is -0.890. The van der Waals surface area contributed by atoms with Gasteiger partial charge in [0.25, 0.3) is 0 Å². The predicted molar refractivity (Wildman–Crippen MR) is 62.5 cm³/mol. The number of nitrogens with one attached hydrogen (secondary N) is 1. The number of amides is 1. The molecule has 3 N–H and O–H groups in total. The molecule has 1 atom stereocenters. The van der Waals surface area contributed by atoms with Gasteiger partial charge in [-0.15, -0.1) is 0 Å². The summed E-state index contributed by atoms with van der Waals surface area (Å²) in [5.41, 5.74) is 5.07. The van der Waals surface area contributed by atoms with Crippen LogP contribution in [-0.2, 0) is 4.79 Å². The molecule has 4 nitrogen and oxygen atoms in total. The third-order valence-corrected chi connectivity index (χ3v) is 2.56. The second-order valence-electron chi connectivity index (χ2n) is 3.50. The van der Waals surface area contributed by atoms with Crippen molar-refractivity contribution in [2.24, 2.45) is 11.7 Å². The molecule has 0 heterocycles. The van der Waals surface area contributed by atoms with E-state index >= 15 is 0 Å². The van der Waals surface area contributed by atoms with Gasteiger partial charge in [0.2, 0.25) is 5.91 Å². The summed E-state index contributed by atoms with van der Waals surface area (Å²) in [6.45, 7) is 1.46. The lowest BCUT2D eigenvalue weighted by molar-refractivity contribution is -0.159. The second kappa shape index (κ2) is 6.75. The Kier molecular flexibility index (Phi) is 6.40. The molecule has 0 bridgehead atoms. The number of carbonyl (C=O) groups is 1. The Morgan fingerprint density at radius 2 is 2.06 bits per heavy atom. The van der Waals surface area contributed by atoms with Gasteiger partial charge < -0.3 is 11.1 Å². The van der Waals surface area contributed by atoms with E-state index in [1.165, 1.54) is 11.9 Å². The third kappa shape index (κ3) is 5.83. The van der Waals surface area contributed by atoms with Gasteiger partial charge >= 0.3 is 6.18 Å². The van der Waals surface area contributed by atoms with E-state index in [1.54, 1.807) is 6.92 Å². The number of alkyl halides is 3. The molecule has 0 aromatic heterocycles. The summed E-state index contributed by atoms with van der Waals surface area (Å²) in [5, 5.41) is 2.35. The van der Waals surface area contributed by atoms with Crippen LogP contribution in [0.2, 0.25) is 0 Å². The molecule has 0 aliphatic carbocycles. The Balaban J connectivity index is 4.61. The minimum atomic E-state index is -4.48. The largest absolute Gasteiger partial charge is 0.399 e. The molecule has 0 aliphatic rings. The summed E-state index contributed by atoms with van der Waals surface area (Å²) in [4.78, 5) is 11.8. The van der Waals surface area contributed by atoms with Crippen LogP contribution < -0.4 is 11.1 Å². The highest BCUT2D eigenvalue weighted by Crippen LogP contribution is 2.27. The molecule has 8 heteroatoms. The Morgan fingerprint density at radius 3 is 2.35 bits per heavy atom. The number of nitrogens with zero attached hydrogens (tertiary/aromatic N) is 1. The average molecular weight is 271 g/mol. The maximum absolute atomic E-state index is 12.6. The summed E-state index contributed by atoms with van der Waals surface area (Å²) >= 11 is 4.40. The number of rotatable bonds is 6. The number of likely N-dealkylation sites (N-methyl/N-ethyl adjacent to an activating group) is 2. The first-order valence-corrected chi connectivity index (χ1v) is 5.42. The molecular weight excluding hydrogens is 255 g/mol. The molecule has 0 aromatic rings. The van der Waals surface area contributed by atoms with Crippen LogP contribution in [-0.4, -0.2) is 48.7 Å². The van der Waals surface area contributed by atoms with Crippen molar-refractivity contribution in [3.05, 3.63) is 0 Å². The quantitative estimate of drug-likeness (QED) is 0.692. The van der Waals surface area contributed by atoms with Crippen molar-refractivity contribution in [3.8, 4) is 0 Å². The van der Waals surface area contributed by atoms with Gasteiger partial charge in [0, 0.05) is 13.6 Å². The van der Waals surface area contributed by atoms with E-state index in [0.29, 0.717) is 6.54 Å². The van der Waals surface area contributed by atoms with E-state index in [9.17, 15) is 18.0 Å². The molecule has 1 unspecified atom stereocenters. The van der Waals surface area contributed by atoms with Crippen LogP contribution >= 0.6 is 12.2 Å². The highest BCUT2D eigenvalue weighted by Gasteiger charge is 2.42. The third-order valence-electron chi connectivity index (χ3n) is 2.27. The monoisotopic (exact) mass is 271 g/mol. The van der Waals surface area contributed by atoms with Crippen molar-refractivity contribution < 1.29 is 18.0 Å². The Morgan fingerprint density at radius 1 is 1.53 bits per heavy atom. The van der Waals surface area contributed by atoms with Gasteiger partial charge in [-0.25, -0.2) is 0 Å². The van der Waals surface area contributed by atoms with Gasteiger partial charge in [0.1, 0.15) is 5.92 Å². The van der Waals surface area contributed by atoms with E-state index in [4.69, 9.17) is 5.73 Å². The summed E-state index contributed by atoms with van der Waals surface area (Å²) in [7, 11) is 1.42. The predicted octanol–water partition coefficient (Wildman–Crippen LogP) is 0.519. The van der Waals surface area contributed by atoms with Crippen molar-refractivity contribution in [1.29, 1.82) is 0 Å². The van der Waals surface area contributed by atoms with E-state index in [-0.39, 0.29) is 12.5 Å². The maximum Gasteiger partial charge on any atom is 0.399 e. The van der Waals surface area contributed by atoms with E-state index in [2.05, 4.69) is 17.5 Å². The number of carbonyl (C=O) groups excluding carboxylic acids is 1. The minimum Gasteiger partial charge on any atom is -0.393 e. The van der Waals surface area contributed by atoms with Crippen LogP contribution in [0.3, 0.4) is 0 Å². The lowest BCUT2D eigenvalue weighted by Crippen LogP contribution is -2.46. The van der Waals surface area contributed by atoms with Crippen molar-refractivity contribution >= 4 is 23.1 Å². The van der Waals surface area contributed by atoms with Crippen LogP contribution in [0.15, 0.2) is 0 Å². The zero-order valence-electron chi connectivity index (χ0n) is 9.67. The van der Waals surface area contributed by atoms with Gasteiger partial charge in [-0.2, -0.15) is 13.2 Å². The number of hydrogen-bond donors (Lipinski definition) is 2. The van der Waals surface area contributed by atoms with E-state index < -0.39 is 23.6 Å². The summed E-state index contributed by atoms with van der Waals surface area (Å²) in [6.07, 6.45) is -4.48. The molecule has 0 saturated heterocycles. The maximum atomic E-state index is 12.6. The van der Waals surface area contributed by atoms with Gasteiger partial charge in [-0.3, -0.25) is 9.69 Å². The molecular formula is C9H16F3N3OS.